The third kappa shape index (κ3) is 4.49. The molecule has 0 saturated heterocycles. The van der Waals surface area contributed by atoms with Gasteiger partial charge in [-0.25, -0.2) is 4.68 Å². The number of amides is 2. The Morgan fingerprint density at radius 2 is 1.97 bits per heavy atom. The molecule has 0 radical (unpaired) electrons. The minimum absolute atomic E-state index is 0.161. The topological polar surface area (TPSA) is 89.2 Å². The van der Waals surface area contributed by atoms with Gasteiger partial charge in [0.05, 0.1) is 28.0 Å². The SMILES string of the molecule is Cc1cc(NC(=O)c2ccco2)sc1C(=O)NCCc1cnn(-c2ccccc2)c1. The summed E-state index contributed by atoms with van der Waals surface area (Å²) in [5.41, 5.74) is 2.84. The summed E-state index contributed by atoms with van der Waals surface area (Å²) >= 11 is 1.24. The summed E-state index contributed by atoms with van der Waals surface area (Å²) in [5.74, 6) is -0.279. The normalized spacial score (nSPS) is 10.7. The first-order valence-corrected chi connectivity index (χ1v) is 10.2. The number of aromatic nitrogens is 2. The number of para-hydroxylation sites is 1. The lowest BCUT2D eigenvalue weighted by molar-refractivity contribution is 0.0956. The summed E-state index contributed by atoms with van der Waals surface area (Å²) in [7, 11) is 0. The van der Waals surface area contributed by atoms with Gasteiger partial charge in [-0.15, -0.1) is 11.3 Å². The molecule has 0 aliphatic carbocycles. The van der Waals surface area contributed by atoms with Crippen LogP contribution in [0.25, 0.3) is 5.69 Å². The Balaban J connectivity index is 1.32. The highest BCUT2D eigenvalue weighted by Crippen LogP contribution is 2.27. The van der Waals surface area contributed by atoms with E-state index < -0.39 is 0 Å². The van der Waals surface area contributed by atoms with Gasteiger partial charge in [-0.2, -0.15) is 5.10 Å². The van der Waals surface area contributed by atoms with Crippen LogP contribution >= 0.6 is 11.3 Å². The van der Waals surface area contributed by atoms with Gasteiger partial charge in [-0.1, -0.05) is 18.2 Å². The molecule has 7 nitrogen and oxygen atoms in total. The Labute approximate surface area is 177 Å². The average Bonchev–Trinajstić information content (AvgIpc) is 3.50. The van der Waals surface area contributed by atoms with Gasteiger partial charge in [0, 0.05) is 12.7 Å². The van der Waals surface area contributed by atoms with Crippen molar-refractivity contribution in [3.05, 3.63) is 89.0 Å². The van der Waals surface area contributed by atoms with Crippen molar-refractivity contribution in [2.75, 3.05) is 11.9 Å². The number of hydrogen-bond donors (Lipinski definition) is 2. The molecule has 8 heteroatoms. The quantitative estimate of drug-likeness (QED) is 0.472. The molecule has 2 amide bonds. The van der Waals surface area contributed by atoms with Crippen LogP contribution in [0.4, 0.5) is 5.00 Å². The third-order valence-corrected chi connectivity index (χ3v) is 5.61. The number of nitrogens with zero attached hydrogens (tertiary/aromatic N) is 2. The third-order valence-electron chi connectivity index (χ3n) is 4.46. The monoisotopic (exact) mass is 420 g/mol. The first-order valence-electron chi connectivity index (χ1n) is 9.42. The maximum absolute atomic E-state index is 12.6. The number of furan rings is 1. The summed E-state index contributed by atoms with van der Waals surface area (Å²) in [6.07, 6.45) is 5.88. The zero-order valence-corrected chi connectivity index (χ0v) is 17.1. The lowest BCUT2D eigenvalue weighted by Crippen LogP contribution is -2.25. The molecule has 3 aromatic heterocycles. The average molecular weight is 420 g/mol. The fourth-order valence-electron chi connectivity index (χ4n) is 2.96. The van der Waals surface area contributed by atoms with Crippen LogP contribution in [0.2, 0.25) is 0 Å². The molecule has 2 N–H and O–H groups in total. The molecule has 0 unspecified atom stereocenters. The van der Waals surface area contributed by atoms with Crippen LogP contribution in [0, 0.1) is 6.92 Å². The number of nitrogens with one attached hydrogen (secondary N) is 2. The standard InChI is InChI=1S/C22H20N4O3S/c1-15-12-19(25-21(27)18-8-5-11-29-18)30-20(15)22(28)23-10-9-16-13-24-26(14-16)17-6-3-2-4-7-17/h2-8,11-14H,9-10H2,1H3,(H,23,28)(H,25,27). The van der Waals surface area contributed by atoms with Gasteiger partial charge in [0.1, 0.15) is 0 Å². The van der Waals surface area contributed by atoms with E-state index in [0.29, 0.717) is 22.8 Å². The predicted molar refractivity (Wildman–Crippen MR) is 115 cm³/mol. The second-order valence-corrected chi connectivity index (χ2v) is 7.74. The van der Waals surface area contributed by atoms with Gasteiger partial charge in [-0.05, 0) is 54.8 Å². The fourth-order valence-corrected chi connectivity index (χ4v) is 3.95. The van der Waals surface area contributed by atoms with E-state index in [0.717, 1.165) is 16.8 Å². The molecular weight excluding hydrogens is 400 g/mol. The lowest BCUT2D eigenvalue weighted by Gasteiger charge is -2.03. The molecule has 0 atom stereocenters. The molecule has 0 bridgehead atoms. The van der Waals surface area contributed by atoms with Crippen LogP contribution in [0.1, 0.15) is 31.4 Å². The summed E-state index contributed by atoms with van der Waals surface area (Å²) in [5, 5.41) is 10.7. The maximum atomic E-state index is 12.6. The van der Waals surface area contributed by atoms with Gasteiger partial charge in [0.2, 0.25) is 0 Å². The summed E-state index contributed by atoms with van der Waals surface area (Å²) in [6.45, 7) is 2.34. The number of rotatable bonds is 7. The second-order valence-electron chi connectivity index (χ2n) is 6.69. The van der Waals surface area contributed by atoms with E-state index in [9.17, 15) is 9.59 Å². The zero-order chi connectivity index (χ0) is 20.9. The molecule has 4 rings (SSSR count). The largest absolute Gasteiger partial charge is 0.459 e. The number of carbonyl (C=O) groups excluding carboxylic acids is 2. The highest BCUT2D eigenvalue weighted by atomic mass is 32.1. The van der Waals surface area contributed by atoms with Crippen molar-refractivity contribution in [1.29, 1.82) is 0 Å². The van der Waals surface area contributed by atoms with E-state index in [1.54, 1.807) is 24.4 Å². The van der Waals surface area contributed by atoms with Crippen LogP contribution in [-0.4, -0.2) is 28.1 Å². The van der Waals surface area contributed by atoms with Gasteiger partial charge in [0.15, 0.2) is 5.76 Å². The van der Waals surface area contributed by atoms with Gasteiger partial charge < -0.3 is 15.1 Å². The zero-order valence-electron chi connectivity index (χ0n) is 16.3. The number of benzene rings is 1. The van der Waals surface area contributed by atoms with Crippen LogP contribution in [0.5, 0.6) is 0 Å². The lowest BCUT2D eigenvalue weighted by atomic mass is 10.2. The molecule has 1 aromatic carbocycles. The van der Waals surface area contributed by atoms with Crippen molar-refractivity contribution in [3.8, 4) is 5.69 Å². The molecule has 0 fully saturated rings. The smallest absolute Gasteiger partial charge is 0.291 e. The van der Waals surface area contributed by atoms with Crippen LogP contribution in [-0.2, 0) is 6.42 Å². The van der Waals surface area contributed by atoms with E-state index in [-0.39, 0.29) is 17.6 Å². The van der Waals surface area contributed by atoms with Crippen LogP contribution < -0.4 is 10.6 Å². The van der Waals surface area contributed by atoms with Crippen molar-refractivity contribution >= 4 is 28.2 Å². The molecule has 0 aliphatic rings. The predicted octanol–water partition coefficient (Wildman–Crippen LogP) is 4.06. The van der Waals surface area contributed by atoms with Gasteiger partial charge in [-0.3, -0.25) is 9.59 Å². The summed E-state index contributed by atoms with van der Waals surface area (Å²) in [6, 6.07) is 14.9. The minimum Gasteiger partial charge on any atom is -0.459 e. The summed E-state index contributed by atoms with van der Waals surface area (Å²) < 4.78 is 6.90. The number of anilines is 1. The van der Waals surface area contributed by atoms with Crippen molar-refractivity contribution in [2.24, 2.45) is 0 Å². The maximum Gasteiger partial charge on any atom is 0.291 e. The Morgan fingerprint density at radius 3 is 2.73 bits per heavy atom. The molecule has 30 heavy (non-hydrogen) atoms. The van der Waals surface area contributed by atoms with E-state index in [4.69, 9.17) is 4.42 Å². The Morgan fingerprint density at radius 1 is 1.13 bits per heavy atom. The van der Waals surface area contributed by atoms with Crippen LogP contribution in [0.3, 0.4) is 0 Å². The minimum atomic E-state index is -0.344. The van der Waals surface area contributed by atoms with Crippen molar-refractivity contribution in [2.45, 2.75) is 13.3 Å². The number of thiophene rings is 1. The molecule has 0 saturated carbocycles. The summed E-state index contributed by atoms with van der Waals surface area (Å²) in [4.78, 5) is 25.2. The number of aryl methyl sites for hydroxylation is 1. The first kappa shape index (κ1) is 19.7. The first-order chi connectivity index (χ1) is 14.6. The Bertz CT molecular complexity index is 1150. The van der Waals surface area contributed by atoms with E-state index in [1.165, 1.54) is 17.6 Å². The Kier molecular flexibility index (Phi) is 5.76. The van der Waals surface area contributed by atoms with Crippen molar-refractivity contribution < 1.29 is 14.0 Å². The highest BCUT2D eigenvalue weighted by molar-refractivity contribution is 7.18. The molecule has 152 valence electrons. The van der Waals surface area contributed by atoms with E-state index >= 15 is 0 Å². The van der Waals surface area contributed by atoms with Crippen LogP contribution in [0.15, 0.2) is 71.6 Å². The van der Waals surface area contributed by atoms with Crippen molar-refractivity contribution in [3.63, 3.8) is 0 Å². The van der Waals surface area contributed by atoms with Crippen molar-refractivity contribution in [1.82, 2.24) is 15.1 Å². The highest BCUT2D eigenvalue weighted by Gasteiger charge is 2.16. The molecule has 4 aromatic rings. The molecule has 0 aliphatic heterocycles. The molecule has 0 spiro atoms. The van der Waals surface area contributed by atoms with Gasteiger partial charge >= 0.3 is 0 Å². The number of carbonyl (C=O) groups is 2. The molecule has 3 heterocycles. The number of hydrogen-bond acceptors (Lipinski definition) is 5. The second kappa shape index (κ2) is 8.79. The van der Waals surface area contributed by atoms with E-state index in [2.05, 4.69) is 15.7 Å². The fraction of sp³-hybridized carbons (Fsp3) is 0.136. The van der Waals surface area contributed by atoms with E-state index in [1.807, 2.05) is 48.1 Å². The van der Waals surface area contributed by atoms with Gasteiger partial charge in [0.25, 0.3) is 11.8 Å². The molecular formula is C22H20N4O3S. The Hall–Kier alpha value is -3.65.